The summed E-state index contributed by atoms with van der Waals surface area (Å²) in [5, 5.41) is 0.830. The largest absolute Gasteiger partial charge is 0.354 e. The smallest absolute Gasteiger partial charge is 0.339 e. The number of hydrogen-bond donors (Lipinski definition) is 3. The van der Waals surface area contributed by atoms with Crippen LogP contribution in [0.2, 0.25) is 0 Å². The van der Waals surface area contributed by atoms with E-state index in [1.807, 2.05) is 60.6 Å². The lowest BCUT2D eigenvalue weighted by Crippen LogP contribution is -2.36. The number of amides is 1. The van der Waals surface area contributed by atoms with Gasteiger partial charge in [-0.15, -0.1) is 0 Å². The van der Waals surface area contributed by atoms with Gasteiger partial charge in [0.05, 0.1) is 5.69 Å². The lowest BCUT2D eigenvalue weighted by Gasteiger charge is -2.27. The summed E-state index contributed by atoms with van der Waals surface area (Å²) in [5.74, 6) is 0.0479. The van der Waals surface area contributed by atoms with Crippen LogP contribution in [0.3, 0.4) is 0 Å². The van der Waals surface area contributed by atoms with Gasteiger partial charge in [-0.05, 0) is 113 Å². The fourth-order valence-corrected chi connectivity index (χ4v) is 6.20. The highest BCUT2D eigenvalue weighted by Crippen LogP contribution is 2.26. The van der Waals surface area contributed by atoms with Crippen LogP contribution in [0, 0.1) is 0 Å². The van der Waals surface area contributed by atoms with E-state index in [4.69, 9.17) is 11.5 Å². The van der Waals surface area contributed by atoms with Gasteiger partial charge in [-0.1, -0.05) is 42.8 Å². The zero-order valence-corrected chi connectivity index (χ0v) is 26.7. The predicted octanol–water partition coefficient (Wildman–Crippen LogP) is 5.23. The maximum Gasteiger partial charge on any atom is 0.354 e. The molecule has 0 bridgehead atoms. The van der Waals surface area contributed by atoms with Gasteiger partial charge in [0, 0.05) is 42.5 Å². The van der Waals surface area contributed by atoms with Crippen LogP contribution in [0.1, 0.15) is 67.8 Å². The Balaban J connectivity index is 1.28. The van der Waals surface area contributed by atoms with Crippen LogP contribution >= 0.6 is 0 Å². The Morgan fingerprint density at radius 3 is 2.40 bits per heavy atom. The second-order valence-corrected chi connectivity index (χ2v) is 12.1. The highest BCUT2D eigenvalue weighted by Gasteiger charge is 2.22. The molecule has 238 valence electrons. The van der Waals surface area contributed by atoms with Crippen LogP contribution in [-0.4, -0.2) is 69.5 Å². The molecule has 1 amide bonds. The van der Waals surface area contributed by atoms with Gasteiger partial charge >= 0.3 is 5.69 Å². The summed E-state index contributed by atoms with van der Waals surface area (Å²) in [6.07, 6.45) is 11.3. The van der Waals surface area contributed by atoms with E-state index in [-0.39, 0.29) is 17.6 Å². The van der Waals surface area contributed by atoms with E-state index < -0.39 is 0 Å². The summed E-state index contributed by atoms with van der Waals surface area (Å²) in [7, 11) is 1.92. The molecule has 0 aliphatic heterocycles. The highest BCUT2D eigenvalue weighted by molar-refractivity contribution is 5.95. The Morgan fingerprint density at radius 1 is 1.02 bits per heavy atom. The number of carbonyl (C=O) groups is 1. The number of aromatic amines is 1. The van der Waals surface area contributed by atoms with Crippen LogP contribution in [0.5, 0.6) is 0 Å². The fraction of sp³-hybridized carbons (Fsp3) is 0.417. The Hall–Kier alpha value is -4.05. The number of benzene rings is 2. The van der Waals surface area contributed by atoms with Crippen molar-refractivity contribution in [2.45, 2.75) is 64.5 Å². The second kappa shape index (κ2) is 15.3. The Kier molecular flexibility index (Phi) is 11.0. The average Bonchev–Trinajstić information content (AvgIpc) is 3.32. The second-order valence-electron chi connectivity index (χ2n) is 12.1. The molecule has 1 atom stereocenters. The minimum Gasteiger partial charge on any atom is -0.339 e. The van der Waals surface area contributed by atoms with Crippen molar-refractivity contribution in [1.82, 2.24) is 24.3 Å². The van der Waals surface area contributed by atoms with Crippen LogP contribution in [0.4, 0.5) is 0 Å². The molecule has 1 aliphatic carbocycles. The molecular weight excluding hydrogens is 562 g/mol. The third kappa shape index (κ3) is 7.97. The standard InChI is InChI=1S/C36H47N7O2/c1-3-26-7-4-8-31(16-9-26)41(2)35(44)29-14-12-28(13-15-29)33-23-30-25-43(36(45)40-34(30)39-33)32-17-10-27(11-18-32)24-42(21-5-19-37)22-6-20-38/h7,10-15,17-18,23,25,31H,3-6,8-9,16,19-22,24,37-38H2,1-2H3,(H,39,40,45). The van der Waals surface area contributed by atoms with Crippen molar-refractivity contribution in [1.29, 1.82) is 0 Å². The Labute approximate surface area is 265 Å². The number of rotatable bonds is 13. The normalized spacial score (nSPS) is 15.3. The number of carbonyl (C=O) groups excluding carboxylic acids is 1. The first-order chi connectivity index (χ1) is 21.9. The molecule has 2 heterocycles. The molecule has 0 radical (unpaired) electrons. The van der Waals surface area contributed by atoms with Crippen molar-refractivity contribution in [3.63, 3.8) is 0 Å². The predicted molar refractivity (Wildman–Crippen MR) is 182 cm³/mol. The third-order valence-electron chi connectivity index (χ3n) is 8.98. The number of nitrogens with one attached hydrogen (secondary N) is 1. The Morgan fingerprint density at radius 2 is 1.73 bits per heavy atom. The van der Waals surface area contributed by atoms with E-state index in [1.54, 1.807) is 4.57 Å². The minimum atomic E-state index is -0.347. The van der Waals surface area contributed by atoms with Gasteiger partial charge in [0.15, 0.2) is 0 Å². The molecule has 5 N–H and O–H groups in total. The average molecular weight is 610 g/mol. The summed E-state index contributed by atoms with van der Waals surface area (Å²) in [5.41, 5.74) is 17.5. The van der Waals surface area contributed by atoms with E-state index in [2.05, 4.69) is 40.0 Å². The number of aromatic nitrogens is 3. The number of H-pyrrole nitrogens is 1. The van der Waals surface area contributed by atoms with E-state index in [0.29, 0.717) is 24.3 Å². The molecule has 0 fully saturated rings. The first-order valence-corrected chi connectivity index (χ1v) is 16.3. The quantitative estimate of drug-likeness (QED) is 0.178. The van der Waals surface area contributed by atoms with Crippen LogP contribution in [0.25, 0.3) is 28.0 Å². The van der Waals surface area contributed by atoms with Crippen molar-refractivity contribution in [2.75, 3.05) is 33.2 Å². The van der Waals surface area contributed by atoms with E-state index in [1.165, 1.54) is 11.1 Å². The summed E-state index contributed by atoms with van der Waals surface area (Å²) >= 11 is 0. The van der Waals surface area contributed by atoms with Crippen LogP contribution < -0.4 is 17.2 Å². The summed E-state index contributed by atoms with van der Waals surface area (Å²) in [4.78, 5) is 38.2. The van der Waals surface area contributed by atoms with E-state index in [9.17, 15) is 9.59 Å². The maximum atomic E-state index is 13.3. The van der Waals surface area contributed by atoms with E-state index in [0.717, 1.165) is 86.9 Å². The zero-order chi connectivity index (χ0) is 31.8. The monoisotopic (exact) mass is 609 g/mol. The molecule has 2 aromatic heterocycles. The molecule has 0 saturated heterocycles. The third-order valence-corrected chi connectivity index (χ3v) is 8.98. The maximum absolute atomic E-state index is 13.3. The molecule has 2 aromatic carbocycles. The summed E-state index contributed by atoms with van der Waals surface area (Å²) < 4.78 is 1.58. The Bertz CT molecular complexity index is 1650. The van der Waals surface area contributed by atoms with Gasteiger partial charge in [-0.2, -0.15) is 4.98 Å². The number of nitrogens with zero attached hydrogens (tertiary/aromatic N) is 4. The van der Waals surface area contributed by atoms with E-state index >= 15 is 0 Å². The molecule has 5 rings (SSSR count). The van der Waals surface area contributed by atoms with Gasteiger partial charge in [-0.3, -0.25) is 14.3 Å². The van der Waals surface area contributed by atoms with Crippen LogP contribution in [-0.2, 0) is 6.54 Å². The van der Waals surface area contributed by atoms with Gasteiger partial charge in [0.1, 0.15) is 5.65 Å². The van der Waals surface area contributed by atoms with Crippen molar-refractivity contribution in [2.24, 2.45) is 11.5 Å². The number of nitrogens with two attached hydrogens (primary N) is 2. The van der Waals surface area contributed by atoms with Crippen molar-refractivity contribution in [3.8, 4) is 16.9 Å². The molecule has 45 heavy (non-hydrogen) atoms. The van der Waals surface area contributed by atoms with Crippen molar-refractivity contribution < 1.29 is 4.79 Å². The van der Waals surface area contributed by atoms with Gasteiger partial charge < -0.3 is 21.4 Å². The molecular formula is C36H47N7O2. The minimum absolute atomic E-state index is 0.0479. The number of allylic oxidation sites excluding steroid dienone is 2. The first-order valence-electron chi connectivity index (χ1n) is 16.3. The van der Waals surface area contributed by atoms with Gasteiger partial charge in [0.25, 0.3) is 5.91 Å². The van der Waals surface area contributed by atoms with Crippen molar-refractivity contribution >= 4 is 16.9 Å². The number of hydrogen-bond acceptors (Lipinski definition) is 6. The van der Waals surface area contributed by atoms with Crippen LogP contribution in [0.15, 0.2) is 77.2 Å². The molecule has 4 aromatic rings. The summed E-state index contributed by atoms with van der Waals surface area (Å²) in [6.45, 7) is 6.21. The molecule has 0 saturated carbocycles. The van der Waals surface area contributed by atoms with Gasteiger partial charge in [-0.25, -0.2) is 4.79 Å². The zero-order valence-electron chi connectivity index (χ0n) is 26.7. The topological polar surface area (TPSA) is 126 Å². The van der Waals surface area contributed by atoms with Gasteiger partial charge in [0.2, 0.25) is 0 Å². The lowest BCUT2D eigenvalue weighted by atomic mass is 10.0. The first kappa shape index (κ1) is 32.3. The molecule has 9 nitrogen and oxygen atoms in total. The molecule has 1 unspecified atom stereocenters. The molecule has 0 spiro atoms. The molecule has 1 aliphatic rings. The molecule has 9 heteroatoms. The summed E-state index contributed by atoms with van der Waals surface area (Å²) in [6, 6.07) is 17.9. The van der Waals surface area contributed by atoms with Crippen molar-refractivity contribution in [3.05, 3.63) is 94.1 Å². The highest BCUT2D eigenvalue weighted by atomic mass is 16.2. The SMILES string of the molecule is CCC1=CCCC(N(C)C(=O)c2ccc(-c3cc4cn(-c5ccc(CN(CCCN)CCCN)cc5)c(=O)nc4[nH]3)cc2)CC1. The fourth-order valence-electron chi connectivity index (χ4n) is 6.20. The number of fused-ring (bicyclic) bond motifs is 1. The lowest BCUT2D eigenvalue weighted by molar-refractivity contribution is 0.0718.